The number of methoxy groups -OCH3 is 2. The number of aromatic hydroxyl groups is 1. The third kappa shape index (κ3) is 3.44. The van der Waals surface area contributed by atoms with Crippen molar-refractivity contribution >= 4 is 0 Å². The molecule has 27 heavy (non-hydrogen) atoms. The van der Waals surface area contributed by atoms with E-state index in [1.165, 1.54) is 19.2 Å². The molecule has 0 bridgehead atoms. The van der Waals surface area contributed by atoms with E-state index >= 15 is 0 Å². The molecule has 6 nitrogen and oxygen atoms in total. The first kappa shape index (κ1) is 18.0. The van der Waals surface area contributed by atoms with Gasteiger partial charge in [-0.15, -0.1) is 0 Å². The Morgan fingerprint density at radius 1 is 1.00 bits per heavy atom. The molecule has 0 amide bonds. The Hall–Kier alpha value is -3.85. The van der Waals surface area contributed by atoms with Crippen molar-refractivity contribution in [2.24, 2.45) is 0 Å². The summed E-state index contributed by atoms with van der Waals surface area (Å²) < 4.78 is 10.4. The zero-order valence-electron chi connectivity index (χ0n) is 14.8. The molecule has 0 aliphatic carbocycles. The molecule has 0 fully saturated rings. The van der Waals surface area contributed by atoms with E-state index in [-0.39, 0.29) is 17.0 Å². The highest BCUT2D eigenvalue weighted by atomic mass is 16.5. The van der Waals surface area contributed by atoms with Crippen LogP contribution in [0.3, 0.4) is 0 Å². The van der Waals surface area contributed by atoms with Gasteiger partial charge in [0.25, 0.3) is 0 Å². The first-order valence-electron chi connectivity index (χ1n) is 8.05. The number of benzene rings is 1. The van der Waals surface area contributed by atoms with Crippen molar-refractivity contribution in [2.75, 3.05) is 14.2 Å². The third-order valence-corrected chi connectivity index (χ3v) is 4.08. The topological polar surface area (TPSA) is 92.4 Å². The lowest BCUT2D eigenvalue weighted by molar-refractivity contribution is 0.397. The van der Waals surface area contributed by atoms with Gasteiger partial charge in [0.2, 0.25) is 11.3 Å². The molecule has 0 aliphatic rings. The van der Waals surface area contributed by atoms with Crippen LogP contribution in [0.25, 0.3) is 22.4 Å². The third-order valence-electron chi connectivity index (χ3n) is 4.08. The number of nitriles is 1. The van der Waals surface area contributed by atoms with Gasteiger partial charge in [0, 0.05) is 11.1 Å². The van der Waals surface area contributed by atoms with Crippen LogP contribution >= 0.6 is 0 Å². The normalized spacial score (nSPS) is 10.1. The molecule has 0 radical (unpaired) electrons. The zero-order valence-corrected chi connectivity index (χ0v) is 14.8. The molecule has 0 aliphatic heterocycles. The summed E-state index contributed by atoms with van der Waals surface area (Å²) in [5, 5.41) is 19.9. The van der Waals surface area contributed by atoms with Crippen molar-refractivity contribution < 1.29 is 14.6 Å². The van der Waals surface area contributed by atoms with Gasteiger partial charge in [0.15, 0.2) is 5.75 Å². The minimum Gasteiger partial charge on any atom is -0.504 e. The monoisotopic (exact) mass is 360 g/mol. The number of hydrogen-bond donors (Lipinski definition) is 1. The van der Waals surface area contributed by atoms with Crippen LogP contribution in [0.5, 0.6) is 17.4 Å². The zero-order chi connectivity index (χ0) is 19.4. The predicted octanol–water partition coefficient (Wildman–Crippen LogP) is 3.37. The highest BCUT2D eigenvalue weighted by Gasteiger charge is 2.18. The van der Waals surface area contributed by atoms with Crippen molar-refractivity contribution in [3.63, 3.8) is 0 Å². The van der Waals surface area contributed by atoms with E-state index in [4.69, 9.17) is 9.47 Å². The van der Waals surface area contributed by atoms with E-state index < -0.39 is 11.2 Å². The number of hydrogen-bond acceptors (Lipinski definition) is 6. The molecule has 134 valence electrons. The van der Waals surface area contributed by atoms with E-state index in [2.05, 4.69) is 11.1 Å². The smallest absolute Gasteiger partial charge is 0.232 e. The molecule has 3 rings (SSSR count). The van der Waals surface area contributed by atoms with Gasteiger partial charge >= 0.3 is 0 Å². The number of nitrogens with zero attached hydrogens (tertiary/aromatic N) is 2. The van der Waals surface area contributed by atoms with Crippen LogP contribution in [-0.2, 0) is 0 Å². The Bertz CT molecular complexity index is 1090. The van der Waals surface area contributed by atoms with E-state index in [0.717, 1.165) is 5.56 Å². The van der Waals surface area contributed by atoms with Crippen molar-refractivity contribution in [3.8, 4) is 45.8 Å². The number of pyridine rings is 1. The average Bonchev–Trinajstić information content (AvgIpc) is 2.88. The fraction of sp³-hybridized carbons (Fsp3) is 0.0952. The van der Waals surface area contributed by atoms with Crippen molar-refractivity contribution in [1.29, 1.82) is 5.26 Å². The Kier molecular flexibility index (Phi) is 5.04. The quantitative estimate of drug-likeness (QED) is 0.767. The van der Waals surface area contributed by atoms with Crippen LogP contribution in [0.2, 0.25) is 0 Å². The van der Waals surface area contributed by atoms with Crippen LogP contribution in [0.1, 0.15) is 5.56 Å². The maximum Gasteiger partial charge on any atom is 0.232 e. The highest BCUT2D eigenvalue weighted by Crippen LogP contribution is 2.35. The molecule has 1 heterocycles. The molecule has 0 spiro atoms. The minimum absolute atomic E-state index is 0.110. The Morgan fingerprint density at radius 2 is 1.70 bits per heavy atom. The van der Waals surface area contributed by atoms with Gasteiger partial charge in [-0.2, -0.15) is 5.26 Å². The fourth-order valence-corrected chi connectivity index (χ4v) is 2.71. The van der Waals surface area contributed by atoms with Gasteiger partial charge in [-0.1, -0.05) is 24.3 Å². The first-order chi connectivity index (χ1) is 13.1. The van der Waals surface area contributed by atoms with Crippen molar-refractivity contribution in [3.05, 3.63) is 70.4 Å². The van der Waals surface area contributed by atoms with Crippen LogP contribution in [0.15, 0.2) is 59.4 Å². The molecule has 2 aromatic carbocycles. The summed E-state index contributed by atoms with van der Waals surface area (Å²) in [5.74, 6) is 0.376. The minimum atomic E-state index is -0.522. The second-order valence-corrected chi connectivity index (χ2v) is 5.62. The predicted molar refractivity (Wildman–Crippen MR) is 101 cm³/mol. The summed E-state index contributed by atoms with van der Waals surface area (Å²) in [6.45, 7) is 0. The van der Waals surface area contributed by atoms with Gasteiger partial charge in [0.1, 0.15) is 17.4 Å². The fourth-order valence-electron chi connectivity index (χ4n) is 2.71. The van der Waals surface area contributed by atoms with Gasteiger partial charge in [-0.05, 0) is 35.9 Å². The summed E-state index contributed by atoms with van der Waals surface area (Å²) >= 11 is 0. The van der Waals surface area contributed by atoms with Crippen LogP contribution < -0.4 is 14.9 Å². The molecule has 0 unspecified atom stereocenters. The van der Waals surface area contributed by atoms with Gasteiger partial charge < -0.3 is 14.6 Å². The second-order valence-electron chi connectivity index (χ2n) is 5.62. The lowest BCUT2D eigenvalue weighted by Gasteiger charge is -2.12. The standard InChI is InChI=1S/C21H16N2O4/c1-26-14-9-7-13(8-10-14)16-11-18(23-21(27-2)17(16)12-22)15-5-3-4-6-19(24)20(15)25/h3-11H,1-2H3,(H,24,25). The maximum atomic E-state index is 11.9. The maximum absolute atomic E-state index is 11.9. The number of ether oxygens (including phenoxy) is 2. The van der Waals surface area contributed by atoms with E-state index in [1.54, 1.807) is 37.4 Å². The molecule has 0 saturated carbocycles. The summed E-state index contributed by atoms with van der Waals surface area (Å²) in [6.07, 6.45) is 0. The Balaban J connectivity index is 2.30. The summed E-state index contributed by atoms with van der Waals surface area (Å²) in [6, 6.07) is 17.0. The number of rotatable bonds is 4. The molecule has 6 heteroatoms. The largest absolute Gasteiger partial charge is 0.504 e. The van der Waals surface area contributed by atoms with Gasteiger partial charge in [0.05, 0.1) is 19.9 Å². The molecule has 3 aromatic rings. The van der Waals surface area contributed by atoms with Crippen molar-refractivity contribution in [2.45, 2.75) is 0 Å². The molecule has 0 atom stereocenters. The molecular formula is C21H16N2O4. The lowest BCUT2D eigenvalue weighted by atomic mass is 9.99. The van der Waals surface area contributed by atoms with E-state index in [9.17, 15) is 15.2 Å². The van der Waals surface area contributed by atoms with Gasteiger partial charge in [-0.3, -0.25) is 4.79 Å². The summed E-state index contributed by atoms with van der Waals surface area (Å²) in [5.41, 5.74) is 1.63. The summed E-state index contributed by atoms with van der Waals surface area (Å²) in [7, 11) is 2.98. The van der Waals surface area contributed by atoms with E-state index in [1.807, 2.05) is 12.1 Å². The van der Waals surface area contributed by atoms with Gasteiger partial charge in [-0.25, -0.2) is 4.98 Å². The Labute approximate surface area is 155 Å². The Morgan fingerprint density at radius 3 is 2.33 bits per heavy atom. The highest BCUT2D eigenvalue weighted by molar-refractivity contribution is 5.79. The summed E-state index contributed by atoms with van der Waals surface area (Å²) in [4.78, 5) is 16.3. The van der Waals surface area contributed by atoms with Crippen molar-refractivity contribution in [1.82, 2.24) is 4.98 Å². The van der Waals surface area contributed by atoms with Crippen LogP contribution in [-0.4, -0.2) is 24.3 Å². The first-order valence-corrected chi connectivity index (χ1v) is 8.05. The number of aromatic nitrogens is 1. The lowest BCUT2D eigenvalue weighted by Crippen LogP contribution is -2.00. The molecule has 1 aromatic heterocycles. The second kappa shape index (κ2) is 7.58. The molecule has 0 saturated heterocycles. The molecular weight excluding hydrogens is 344 g/mol. The molecule has 1 N–H and O–H groups in total. The van der Waals surface area contributed by atoms with E-state index in [0.29, 0.717) is 17.0 Å². The van der Waals surface area contributed by atoms with Crippen LogP contribution in [0.4, 0.5) is 0 Å². The average molecular weight is 360 g/mol. The SMILES string of the molecule is COc1ccc(-c2cc(-c3ccccc(=O)c3O)nc(OC)c2C#N)cc1. The van der Waals surface area contributed by atoms with Crippen LogP contribution in [0, 0.1) is 11.3 Å².